The van der Waals surface area contributed by atoms with E-state index >= 15 is 0 Å². The molecule has 1 amide bonds. The Balaban J connectivity index is 1.91. The summed E-state index contributed by atoms with van der Waals surface area (Å²) in [5.74, 6) is -1.39. The maximum Gasteiger partial charge on any atom is 0.354 e. The summed E-state index contributed by atoms with van der Waals surface area (Å²) in [6, 6.07) is 2.82. The van der Waals surface area contributed by atoms with E-state index in [1.165, 1.54) is 24.8 Å². The molecule has 0 radical (unpaired) electrons. The largest absolute Gasteiger partial charge is 0.477 e. The van der Waals surface area contributed by atoms with E-state index in [0.717, 1.165) is 19.3 Å². The van der Waals surface area contributed by atoms with Gasteiger partial charge in [0.2, 0.25) is 0 Å². The average Bonchev–Trinajstić information content (AvgIpc) is 2.49. The minimum atomic E-state index is -1.14. The second kappa shape index (κ2) is 7.35. The van der Waals surface area contributed by atoms with Gasteiger partial charge in [0.25, 0.3) is 5.91 Å². The van der Waals surface area contributed by atoms with Gasteiger partial charge in [-0.05, 0) is 43.7 Å². The molecule has 22 heavy (non-hydrogen) atoms. The van der Waals surface area contributed by atoms with E-state index in [0.29, 0.717) is 25.3 Å². The first kappa shape index (κ1) is 16.4. The molecule has 0 unspecified atom stereocenters. The molecule has 0 atom stereocenters. The molecule has 1 fully saturated rings. The van der Waals surface area contributed by atoms with Crippen molar-refractivity contribution in [2.24, 2.45) is 5.41 Å². The van der Waals surface area contributed by atoms with Gasteiger partial charge in [0, 0.05) is 31.5 Å². The number of pyridine rings is 1. The SMILES string of the molecule is CCOCCC1(CNC(=O)c2ccnc(C(=O)O)c2)CCC1. The van der Waals surface area contributed by atoms with Crippen LogP contribution >= 0.6 is 0 Å². The Bertz CT molecular complexity index is 541. The molecule has 2 rings (SSSR count). The molecule has 6 nitrogen and oxygen atoms in total. The minimum absolute atomic E-state index is 0.123. The molecule has 120 valence electrons. The van der Waals surface area contributed by atoms with Crippen LogP contribution in [-0.4, -0.2) is 41.7 Å². The highest BCUT2D eigenvalue weighted by Crippen LogP contribution is 2.43. The Kier molecular flexibility index (Phi) is 5.49. The van der Waals surface area contributed by atoms with Crippen molar-refractivity contribution in [2.75, 3.05) is 19.8 Å². The summed E-state index contributed by atoms with van der Waals surface area (Å²) in [7, 11) is 0. The smallest absolute Gasteiger partial charge is 0.354 e. The first-order valence-corrected chi connectivity index (χ1v) is 7.62. The highest BCUT2D eigenvalue weighted by Gasteiger charge is 2.36. The molecule has 6 heteroatoms. The van der Waals surface area contributed by atoms with E-state index in [9.17, 15) is 9.59 Å². The van der Waals surface area contributed by atoms with Crippen molar-refractivity contribution in [2.45, 2.75) is 32.6 Å². The van der Waals surface area contributed by atoms with E-state index in [4.69, 9.17) is 9.84 Å². The third-order valence-corrected chi connectivity index (χ3v) is 4.26. The summed E-state index contributed by atoms with van der Waals surface area (Å²) in [5.41, 5.74) is 0.335. The number of nitrogens with one attached hydrogen (secondary N) is 1. The van der Waals surface area contributed by atoms with Gasteiger partial charge in [-0.3, -0.25) is 4.79 Å². The van der Waals surface area contributed by atoms with Gasteiger partial charge in [-0.15, -0.1) is 0 Å². The lowest BCUT2D eigenvalue weighted by Gasteiger charge is -2.42. The fraction of sp³-hybridized carbons (Fsp3) is 0.562. The molecule has 1 aromatic heterocycles. The van der Waals surface area contributed by atoms with Gasteiger partial charge in [0.1, 0.15) is 5.69 Å². The lowest BCUT2D eigenvalue weighted by Crippen LogP contribution is -2.43. The number of carboxylic acids is 1. The maximum absolute atomic E-state index is 12.2. The highest BCUT2D eigenvalue weighted by molar-refractivity contribution is 5.96. The monoisotopic (exact) mass is 306 g/mol. The van der Waals surface area contributed by atoms with Crippen LogP contribution in [-0.2, 0) is 4.74 Å². The molecule has 0 bridgehead atoms. The molecular formula is C16H22N2O4. The van der Waals surface area contributed by atoms with Gasteiger partial charge >= 0.3 is 5.97 Å². The molecule has 1 aromatic rings. The number of carbonyl (C=O) groups excluding carboxylic acids is 1. The van der Waals surface area contributed by atoms with Gasteiger partial charge in [0.05, 0.1) is 0 Å². The van der Waals surface area contributed by atoms with Crippen LogP contribution in [0, 0.1) is 5.41 Å². The first-order chi connectivity index (χ1) is 10.6. The Hall–Kier alpha value is -1.95. The second-order valence-corrected chi connectivity index (χ2v) is 5.72. The Morgan fingerprint density at radius 3 is 2.82 bits per heavy atom. The van der Waals surface area contributed by atoms with Crippen molar-refractivity contribution in [3.8, 4) is 0 Å². The van der Waals surface area contributed by atoms with Crippen molar-refractivity contribution >= 4 is 11.9 Å². The molecule has 2 N–H and O–H groups in total. The molecule has 1 aliphatic rings. The number of aromatic nitrogens is 1. The molecule has 1 heterocycles. The van der Waals surface area contributed by atoms with Gasteiger partial charge in [0.15, 0.2) is 0 Å². The van der Waals surface area contributed by atoms with Crippen LogP contribution in [0.15, 0.2) is 18.3 Å². The van der Waals surface area contributed by atoms with Crippen molar-refractivity contribution in [1.29, 1.82) is 0 Å². The highest BCUT2D eigenvalue weighted by atomic mass is 16.5. The number of hydrogen-bond acceptors (Lipinski definition) is 4. The third kappa shape index (κ3) is 4.04. The van der Waals surface area contributed by atoms with Crippen LogP contribution in [0.1, 0.15) is 53.5 Å². The summed E-state index contributed by atoms with van der Waals surface area (Å²) in [6.45, 7) is 3.99. The molecule has 1 saturated carbocycles. The number of hydrogen-bond donors (Lipinski definition) is 2. The standard InChI is InChI=1S/C16H22N2O4/c1-2-22-9-7-16(5-3-6-16)11-18-14(19)12-4-8-17-13(10-12)15(20)21/h4,8,10H,2-3,5-7,9,11H2,1H3,(H,18,19)(H,20,21). The predicted molar refractivity (Wildman–Crippen MR) is 80.9 cm³/mol. The second-order valence-electron chi connectivity index (χ2n) is 5.72. The Labute approximate surface area is 129 Å². The Morgan fingerprint density at radius 1 is 1.45 bits per heavy atom. The first-order valence-electron chi connectivity index (χ1n) is 7.62. The van der Waals surface area contributed by atoms with Crippen LogP contribution in [0.3, 0.4) is 0 Å². The average molecular weight is 306 g/mol. The van der Waals surface area contributed by atoms with E-state index in [1.807, 2.05) is 6.92 Å². The number of carbonyl (C=O) groups is 2. The minimum Gasteiger partial charge on any atom is -0.477 e. The van der Waals surface area contributed by atoms with Gasteiger partial charge in [-0.2, -0.15) is 0 Å². The summed E-state index contributed by atoms with van der Waals surface area (Å²) in [6.07, 6.45) is 5.65. The van der Waals surface area contributed by atoms with Crippen LogP contribution in [0.5, 0.6) is 0 Å². The van der Waals surface area contributed by atoms with Gasteiger partial charge in [-0.1, -0.05) is 6.42 Å². The van der Waals surface area contributed by atoms with Crippen LogP contribution in [0.25, 0.3) is 0 Å². The van der Waals surface area contributed by atoms with Crippen molar-refractivity contribution in [3.63, 3.8) is 0 Å². The van der Waals surface area contributed by atoms with E-state index in [1.54, 1.807) is 0 Å². The number of carboxylic acid groups (broad SMARTS) is 1. The van der Waals surface area contributed by atoms with E-state index in [-0.39, 0.29) is 17.0 Å². The summed E-state index contributed by atoms with van der Waals surface area (Å²) >= 11 is 0. The summed E-state index contributed by atoms with van der Waals surface area (Å²) < 4.78 is 5.41. The molecule has 0 aliphatic heterocycles. The van der Waals surface area contributed by atoms with Gasteiger partial charge < -0.3 is 15.2 Å². The number of rotatable bonds is 8. The number of amides is 1. The Morgan fingerprint density at radius 2 is 2.23 bits per heavy atom. The summed E-state index contributed by atoms with van der Waals surface area (Å²) in [4.78, 5) is 26.8. The molecule has 0 aromatic carbocycles. The lowest BCUT2D eigenvalue weighted by atomic mass is 9.66. The molecule has 0 saturated heterocycles. The zero-order valence-corrected chi connectivity index (χ0v) is 12.8. The number of nitrogens with zero attached hydrogens (tertiary/aromatic N) is 1. The zero-order chi connectivity index (χ0) is 16.0. The van der Waals surface area contributed by atoms with Gasteiger partial charge in [-0.25, -0.2) is 9.78 Å². The quantitative estimate of drug-likeness (QED) is 0.718. The van der Waals surface area contributed by atoms with Crippen molar-refractivity contribution < 1.29 is 19.4 Å². The fourth-order valence-corrected chi connectivity index (χ4v) is 2.68. The van der Waals surface area contributed by atoms with Crippen LogP contribution in [0.4, 0.5) is 0 Å². The molecule has 0 spiro atoms. The van der Waals surface area contributed by atoms with Crippen LogP contribution in [0.2, 0.25) is 0 Å². The topological polar surface area (TPSA) is 88.5 Å². The maximum atomic E-state index is 12.2. The van der Waals surface area contributed by atoms with E-state index in [2.05, 4.69) is 10.3 Å². The molecular weight excluding hydrogens is 284 g/mol. The lowest BCUT2D eigenvalue weighted by molar-refractivity contribution is 0.0513. The third-order valence-electron chi connectivity index (χ3n) is 4.26. The predicted octanol–water partition coefficient (Wildman–Crippen LogP) is 2.11. The molecule has 1 aliphatic carbocycles. The van der Waals surface area contributed by atoms with Crippen molar-refractivity contribution in [3.05, 3.63) is 29.6 Å². The zero-order valence-electron chi connectivity index (χ0n) is 12.8. The number of ether oxygens (including phenoxy) is 1. The van der Waals surface area contributed by atoms with Crippen LogP contribution < -0.4 is 5.32 Å². The van der Waals surface area contributed by atoms with E-state index < -0.39 is 5.97 Å². The fourth-order valence-electron chi connectivity index (χ4n) is 2.68. The van der Waals surface area contributed by atoms with Crippen molar-refractivity contribution in [1.82, 2.24) is 10.3 Å². The summed E-state index contributed by atoms with van der Waals surface area (Å²) in [5, 5.41) is 11.8. The normalized spacial score (nSPS) is 15.9. The number of aromatic carboxylic acids is 1.